The van der Waals surface area contributed by atoms with Crippen molar-refractivity contribution in [3.8, 4) is 0 Å². The molecule has 1 aliphatic heterocycles. The molecule has 120 valence electrons. The molecule has 1 aromatic heterocycles. The van der Waals surface area contributed by atoms with Gasteiger partial charge in [-0.25, -0.2) is 9.98 Å². The van der Waals surface area contributed by atoms with E-state index >= 15 is 0 Å². The largest absolute Gasteiger partial charge is 0.469 e. The first kappa shape index (κ1) is 19.4. The Kier molecular flexibility index (Phi) is 6.61. The molecule has 2 rings (SSSR count). The van der Waals surface area contributed by atoms with Crippen LogP contribution < -0.4 is 5.32 Å². The molecule has 0 saturated carbocycles. The molecule has 22 heavy (non-hydrogen) atoms. The second kappa shape index (κ2) is 7.51. The molecule has 0 atom stereocenters. The Morgan fingerprint density at radius 1 is 1.09 bits per heavy atom. The smallest absolute Gasteiger partial charge is 0.192 e. The second-order valence-corrected chi connectivity index (χ2v) is 17.9. The van der Waals surface area contributed by atoms with Crippen LogP contribution in [0, 0.1) is 6.92 Å². The van der Waals surface area contributed by atoms with Crippen molar-refractivity contribution < 1.29 is 4.42 Å². The van der Waals surface area contributed by atoms with Gasteiger partial charge >= 0.3 is 0 Å². The minimum Gasteiger partial charge on any atom is -0.469 e. The average Bonchev–Trinajstić information content (AvgIpc) is 2.80. The minimum atomic E-state index is -0.674. The van der Waals surface area contributed by atoms with Gasteiger partial charge in [-0.1, -0.05) is 95.6 Å². The number of nitrogens with one attached hydrogen (secondary N) is 1. The first-order valence-electron chi connectivity index (χ1n) is 5.88. The lowest BCUT2D eigenvalue weighted by Gasteiger charge is -2.26. The van der Waals surface area contributed by atoms with Gasteiger partial charge in [0, 0.05) is 6.42 Å². The van der Waals surface area contributed by atoms with Crippen molar-refractivity contribution in [1.29, 1.82) is 0 Å². The number of hydrogen-bond acceptors (Lipinski definition) is 4. The van der Waals surface area contributed by atoms with Crippen LogP contribution in [-0.2, 0) is 6.42 Å². The number of alkyl halides is 6. The van der Waals surface area contributed by atoms with E-state index in [1.54, 1.807) is 6.26 Å². The summed E-state index contributed by atoms with van der Waals surface area (Å²) >= 11 is 20.7. The normalized spacial score (nSPS) is 16.0. The molecule has 1 aliphatic rings. The summed E-state index contributed by atoms with van der Waals surface area (Å²) in [4.78, 5) is 8.95. The highest BCUT2D eigenvalue weighted by Gasteiger charge is 2.35. The molecule has 0 fully saturated rings. The molecule has 2 heterocycles. The van der Waals surface area contributed by atoms with Gasteiger partial charge in [0.1, 0.15) is 17.4 Å². The van der Waals surface area contributed by atoms with Gasteiger partial charge in [0.05, 0.1) is 6.26 Å². The summed E-state index contributed by atoms with van der Waals surface area (Å²) in [6.07, 6.45) is 4.23. The Labute approximate surface area is 178 Å². The Morgan fingerprint density at radius 3 is 2.05 bits per heavy atom. The molecule has 0 saturated heterocycles. The van der Waals surface area contributed by atoms with E-state index in [4.69, 9.17) is 4.42 Å². The summed E-state index contributed by atoms with van der Waals surface area (Å²) in [6, 6.07) is 1.99. The van der Waals surface area contributed by atoms with Crippen LogP contribution in [0.1, 0.15) is 11.3 Å². The standard InChI is InChI=1S/C12H9Br6N3O/c1-6-4-7(22-5-6)2-3-8-19-9(11(13,14)15)21-10(20-8)12(16,17)18/h3-5H,2H2,1H3,(H,19,20,21). The number of furan rings is 1. The molecule has 0 aliphatic carbocycles. The van der Waals surface area contributed by atoms with Gasteiger partial charge < -0.3 is 9.73 Å². The fourth-order valence-electron chi connectivity index (χ4n) is 1.57. The van der Waals surface area contributed by atoms with E-state index in [9.17, 15) is 0 Å². The number of aliphatic imine (C=N–C) groups is 2. The summed E-state index contributed by atoms with van der Waals surface area (Å²) in [7, 11) is 0. The van der Waals surface area contributed by atoms with E-state index in [-0.39, 0.29) is 0 Å². The number of hydrogen-bond donors (Lipinski definition) is 1. The monoisotopic (exact) mass is 685 g/mol. The molecule has 1 aromatic rings. The molecule has 4 nitrogen and oxygen atoms in total. The Morgan fingerprint density at radius 2 is 1.64 bits per heavy atom. The van der Waals surface area contributed by atoms with E-state index in [1.807, 2.05) is 19.1 Å². The second-order valence-electron chi connectivity index (χ2n) is 4.40. The lowest BCUT2D eigenvalue weighted by Crippen LogP contribution is -2.45. The SMILES string of the molecule is Cc1coc(CC=C2N=C(C(Br)(Br)Br)NC(C(Br)(Br)Br)=N2)c1. The highest BCUT2D eigenvalue weighted by molar-refractivity contribution is 9.40. The van der Waals surface area contributed by atoms with E-state index in [0.29, 0.717) is 23.9 Å². The van der Waals surface area contributed by atoms with Crippen molar-refractivity contribution in [2.75, 3.05) is 0 Å². The summed E-state index contributed by atoms with van der Waals surface area (Å²) < 4.78 is 4.08. The molecule has 0 radical (unpaired) electrons. The predicted molar refractivity (Wildman–Crippen MR) is 112 cm³/mol. The van der Waals surface area contributed by atoms with Crippen LogP contribution >= 0.6 is 95.6 Å². The highest BCUT2D eigenvalue weighted by Crippen LogP contribution is 2.39. The van der Waals surface area contributed by atoms with Crippen molar-refractivity contribution in [2.24, 2.45) is 9.98 Å². The van der Waals surface area contributed by atoms with Crippen molar-refractivity contribution in [3.05, 3.63) is 35.6 Å². The van der Waals surface area contributed by atoms with E-state index < -0.39 is 4.29 Å². The first-order valence-corrected chi connectivity index (χ1v) is 10.6. The molecule has 0 aromatic carbocycles. The van der Waals surface area contributed by atoms with E-state index in [2.05, 4.69) is 111 Å². The quantitative estimate of drug-likeness (QED) is 0.385. The number of rotatable bonds is 2. The number of halogens is 6. The van der Waals surface area contributed by atoms with Crippen LogP contribution in [0.4, 0.5) is 0 Å². The van der Waals surface area contributed by atoms with Crippen molar-refractivity contribution in [3.63, 3.8) is 0 Å². The van der Waals surface area contributed by atoms with Crippen LogP contribution in [0.25, 0.3) is 0 Å². The third-order valence-corrected chi connectivity index (χ3v) is 4.75. The highest BCUT2D eigenvalue weighted by atomic mass is 80.0. The Bertz CT molecular complexity index is 619. The van der Waals surface area contributed by atoms with Crippen molar-refractivity contribution in [2.45, 2.75) is 17.6 Å². The maximum Gasteiger partial charge on any atom is 0.192 e. The Balaban J connectivity index is 2.30. The van der Waals surface area contributed by atoms with Gasteiger partial charge in [0.25, 0.3) is 0 Å². The zero-order chi connectivity index (χ0) is 16.5. The summed E-state index contributed by atoms with van der Waals surface area (Å²) in [5.74, 6) is 2.66. The van der Waals surface area contributed by atoms with Crippen LogP contribution in [-0.4, -0.2) is 16.0 Å². The van der Waals surface area contributed by atoms with Crippen LogP contribution in [0.15, 0.2) is 38.6 Å². The fraction of sp³-hybridized carbons (Fsp3) is 0.333. The molecule has 0 bridgehead atoms. The summed E-state index contributed by atoms with van der Waals surface area (Å²) in [5, 5.41) is 3.12. The zero-order valence-electron chi connectivity index (χ0n) is 11.0. The van der Waals surface area contributed by atoms with Crippen LogP contribution in [0.3, 0.4) is 0 Å². The van der Waals surface area contributed by atoms with Gasteiger partial charge in [-0.05, 0) is 24.6 Å². The minimum absolute atomic E-state index is 0.572. The van der Waals surface area contributed by atoms with Crippen molar-refractivity contribution in [1.82, 2.24) is 5.32 Å². The number of allylic oxidation sites excluding steroid dienone is 1. The fourth-order valence-corrected chi connectivity index (χ4v) is 2.70. The summed E-state index contributed by atoms with van der Waals surface area (Å²) in [6.45, 7) is 1.99. The third kappa shape index (κ3) is 5.54. The number of nitrogens with zero attached hydrogens (tertiary/aromatic N) is 2. The van der Waals surface area contributed by atoms with Gasteiger partial charge in [-0.3, -0.25) is 0 Å². The van der Waals surface area contributed by atoms with Crippen LogP contribution in [0.5, 0.6) is 0 Å². The first-order chi connectivity index (χ1) is 10.1. The predicted octanol–water partition coefficient (Wildman–Crippen LogP) is 6.05. The van der Waals surface area contributed by atoms with E-state index in [1.165, 1.54) is 0 Å². The van der Waals surface area contributed by atoms with Gasteiger partial charge in [-0.2, -0.15) is 0 Å². The summed E-state index contributed by atoms with van der Waals surface area (Å²) in [5.41, 5.74) is 1.09. The van der Waals surface area contributed by atoms with Gasteiger partial charge in [0.2, 0.25) is 0 Å². The molecule has 10 heteroatoms. The molecule has 0 unspecified atom stereocenters. The molecule has 1 N–H and O–H groups in total. The Hall–Kier alpha value is 1.04. The van der Waals surface area contributed by atoms with Gasteiger partial charge in [0.15, 0.2) is 10.1 Å². The molecule has 0 spiro atoms. The number of amidine groups is 2. The zero-order valence-corrected chi connectivity index (χ0v) is 20.5. The maximum absolute atomic E-state index is 5.43. The lowest BCUT2D eigenvalue weighted by molar-refractivity contribution is 0.521. The molecular weight excluding hydrogens is 682 g/mol. The molecular formula is C12H9Br6N3O. The third-order valence-electron chi connectivity index (χ3n) is 2.50. The topological polar surface area (TPSA) is 49.9 Å². The van der Waals surface area contributed by atoms with Gasteiger partial charge in [-0.15, -0.1) is 0 Å². The van der Waals surface area contributed by atoms with E-state index in [0.717, 1.165) is 11.3 Å². The van der Waals surface area contributed by atoms with Crippen LogP contribution in [0.2, 0.25) is 0 Å². The number of aryl methyl sites for hydroxylation is 1. The average molecular weight is 691 g/mol. The maximum atomic E-state index is 5.43. The molecule has 0 amide bonds. The van der Waals surface area contributed by atoms with Crippen molar-refractivity contribution >= 4 is 107 Å². The lowest BCUT2D eigenvalue weighted by atomic mass is 10.3.